The van der Waals surface area contributed by atoms with Crippen LogP contribution in [0, 0.1) is 0 Å². The summed E-state index contributed by atoms with van der Waals surface area (Å²) in [6, 6.07) is 1.56. The molecule has 0 atom stereocenters. The second-order valence-corrected chi connectivity index (χ2v) is 5.76. The Morgan fingerprint density at radius 2 is 2.05 bits per heavy atom. The fourth-order valence-electron chi connectivity index (χ4n) is 2.89. The molecular formula is C14H24N4O. The third kappa shape index (κ3) is 3.55. The largest absolute Gasteiger partial charge is 0.394 e. The molecule has 1 aromatic rings. The van der Waals surface area contributed by atoms with Gasteiger partial charge in [0.1, 0.15) is 0 Å². The molecule has 3 rings (SSSR count). The number of hydrogen-bond donors (Lipinski definition) is 2. The Bertz CT molecular complexity index is 394. The molecule has 1 aliphatic carbocycles. The quantitative estimate of drug-likeness (QED) is 0.790. The molecule has 19 heavy (non-hydrogen) atoms. The minimum Gasteiger partial charge on any atom is -0.394 e. The molecule has 0 spiro atoms. The van der Waals surface area contributed by atoms with Gasteiger partial charge in [0.2, 0.25) is 0 Å². The number of aliphatic hydroxyl groups is 1. The lowest BCUT2D eigenvalue weighted by Gasteiger charge is -2.32. The fraction of sp³-hybridized carbons (Fsp3) is 0.786. The molecule has 2 aliphatic rings. The molecule has 1 aliphatic heterocycles. The van der Waals surface area contributed by atoms with Crippen LogP contribution in [0.2, 0.25) is 0 Å². The van der Waals surface area contributed by atoms with Crippen LogP contribution in [-0.4, -0.2) is 51.6 Å². The lowest BCUT2D eigenvalue weighted by atomic mass is 10.0. The fourth-order valence-corrected chi connectivity index (χ4v) is 2.89. The van der Waals surface area contributed by atoms with Gasteiger partial charge in [-0.1, -0.05) is 0 Å². The van der Waals surface area contributed by atoms with Crippen LogP contribution >= 0.6 is 0 Å². The smallest absolute Gasteiger partial charge is 0.0640 e. The predicted molar refractivity (Wildman–Crippen MR) is 73.8 cm³/mol. The lowest BCUT2D eigenvalue weighted by molar-refractivity contribution is 0.189. The first-order valence-corrected chi connectivity index (χ1v) is 7.45. The molecule has 1 saturated heterocycles. The zero-order chi connectivity index (χ0) is 13.1. The average Bonchev–Trinajstić information content (AvgIpc) is 3.19. The van der Waals surface area contributed by atoms with Crippen molar-refractivity contribution in [1.29, 1.82) is 0 Å². The van der Waals surface area contributed by atoms with Gasteiger partial charge < -0.3 is 15.3 Å². The van der Waals surface area contributed by atoms with E-state index in [2.05, 4.69) is 15.3 Å². The van der Waals surface area contributed by atoms with E-state index >= 15 is 0 Å². The van der Waals surface area contributed by atoms with Crippen molar-refractivity contribution in [1.82, 2.24) is 20.0 Å². The Kier molecular flexibility index (Phi) is 4.15. The summed E-state index contributed by atoms with van der Waals surface area (Å²) >= 11 is 0. The number of piperidine rings is 1. The van der Waals surface area contributed by atoms with Crippen LogP contribution in [0.4, 0.5) is 0 Å². The summed E-state index contributed by atoms with van der Waals surface area (Å²) in [6.45, 7) is 4.13. The summed E-state index contributed by atoms with van der Waals surface area (Å²) in [5, 5.41) is 16.7. The van der Waals surface area contributed by atoms with Gasteiger partial charge in [-0.25, -0.2) is 0 Å². The van der Waals surface area contributed by atoms with Gasteiger partial charge >= 0.3 is 0 Å². The van der Waals surface area contributed by atoms with Crippen LogP contribution in [0.5, 0.6) is 0 Å². The molecule has 1 saturated carbocycles. The molecule has 2 fully saturated rings. The van der Waals surface area contributed by atoms with Crippen molar-refractivity contribution in [3.05, 3.63) is 18.0 Å². The Balaban J connectivity index is 1.39. The SMILES string of the molecule is OCCn1cc(CNC2CCN(C3CC3)CC2)cn1. The van der Waals surface area contributed by atoms with Crippen LogP contribution in [0.15, 0.2) is 12.4 Å². The van der Waals surface area contributed by atoms with Crippen molar-refractivity contribution in [3.63, 3.8) is 0 Å². The molecule has 5 heteroatoms. The first kappa shape index (κ1) is 13.1. The van der Waals surface area contributed by atoms with Gasteiger partial charge in [-0.3, -0.25) is 4.68 Å². The zero-order valence-electron chi connectivity index (χ0n) is 11.5. The summed E-state index contributed by atoms with van der Waals surface area (Å²) in [6.07, 6.45) is 9.28. The topological polar surface area (TPSA) is 53.3 Å². The van der Waals surface area contributed by atoms with E-state index in [0.29, 0.717) is 12.6 Å². The van der Waals surface area contributed by atoms with Crippen molar-refractivity contribution in [2.24, 2.45) is 0 Å². The summed E-state index contributed by atoms with van der Waals surface area (Å²) in [7, 11) is 0. The normalized spacial score (nSPS) is 21.9. The maximum atomic E-state index is 8.86. The minimum atomic E-state index is 0.147. The van der Waals surface area contributed by atoms with Crippen molar-refractivity contribution >= 4 is 0 Å². The van der Waals surface area contributed by atoms with Gasteiger partial charge in [-0.05, 0) is 38.8 Å². The molecular weight excluding hydrogens is 240 g/mol. The zero-order valence-corrected chi connectivity index (χ0v) is 11.5. The number of aromatic nitrogens is 2. The van der Waals surface area contributed by atoms with E-state index in [1.807, 2.05) is 12.4 Å². The second kappa shape index (κ2) is 6.03. The number of nitrogens with zero attached hydrogens (tertiary/aromatic N) is 3. The van der Waals surface area contributed by atoms with Gasteiger partial charge in [-0.2, -0.15) is 5.10 Å². The third-order valence-electron chi connectivity index (χ3n) is 4.20. The van der Waals surface area contributed by atoms with Crippen LogP contribution in [0.1, 0.15) is 31.2 Å². The highest BCUT2D eigenvalue weighted by Crippen LogP contribution is 2.29. The Labute approximate surface area is 114 Å². The van der Waals surface area contributed by atoms with Crippen molar-refractivity contribution in [2.75, 3.05) is 19.7 Å². The molecule has 2 N–H and O–H groups in total. The first-order chi connectivity index (χ1) is 9.35. The van der Waals surface area contributed by atoms with Crippen LogP contribution in [0.3, 0.4) is 0 Å². The average molecular weight is 264 g/mol. The molecule has 0 unspecified atom stereocenters. The monoisotopic (exact) mass is 264 g/mol. The molecule has 5 nitrogen and oxygen atoms in total. The highest BCUT2D eigenvalue weighted by Gasteiger charge is 2.31. The molecule has 0 amide bonds. The van der Waals surface area contributed by atoms with Crippen molar-refractivity contribution < 1.29 is 5.11 Å². The van der Waals surface area contributed by atoms with Crippen LogP contribution < -0.4 is 5.32 Å². The number of hydrogen-bond acceptors (Lipinski definition) is 4. The van der Waals surface area contributed by atoms with Gasteiger partial charge in [0.25, 0.3) is 0 Å². The predicted octanol–water partition coefficient (Wildman–Crippen LogP) is 0.592. The molecule has 0 aromatic carbocycles. The molecule has 106 valence electrons. The van der Waals surface area contributed by atoms with E-state index in [-0.39, 0.29) is 6.61 Å². The Hall–Kier alpha value is -0.910. The van der Waals surface area contributed by atoms with Gasteiger partial charge in [0, 0.05) is 30.4 Å². The highest BCUT2D eigenvalue weighted by atomic mass is 16.3. The Morgan fingerprint density at radius 1 is 1.26 bits per heavy atom. The molecule has 1 aromatic heterocycles. The second-order valence-electron chi connectivity index (χ2n) is 5.76. The van der Waals surface area contributed by atoms with E-state index in [0.717, 1.165) is 12.6 Å². The maximum absolute atomic E-state index is 8.86. The van der Waals surface area contributed by atoms with Gasteiger partial charge in [0.05, 0.1) is 19.3 Å². The maximum Gasteiger partial charge on any atom is 0.0640 e. The third-order valence-corrected chi connectivity index (χ3v) is 4.20. The summed E-state index contributed by atoms with van der Waals surface area (Å²) in [5.41, 5.74) is 1.21. The van der Waals surface area contributed by atoms with Gasteiger partial charge in [-0.15, -0.1) is 0 Å². The number of rotatable bonds is 6. The minimum absolute atomic E-state index is 0.147. The number of nitrogens with one attached hydrogen (secondary N) is 1. The van der Waals surface area contributed by atoms with Crippen molar-refractivity contribution in [3.8, 4) is 0 Å². The highest BCUT2D eigenvalue weighted by molar-refractivity contribution is 5.03. The van der Waals surface area contributed by atoms with Crippen molar-refractivity contribution in [2.45, 2.75) is 50.9 Å². The van der Waals surface area contributed by atoms with E-state index in [1.165, 1.54) is 44.3 Å². The first-order valence-electron chi connectivity index (χ1n) is 7.45. The Morgan fingerprint density at radius 3 is 2.74 bits per heavy atom. The molecule has 0 radical (unpaired) electrons. The number of likely N-dealkylation sites (tertiary alicyclic amines) is 1. The molecule has 2 heterocycles. The summed E-state index contributed by atoms with van der Waals surface area (Å²) in [5.74, 6) is 0. The standard InChI is InChI=1S/C14H24N4O/c19-8-7-18-11-12(10-16-18)9-15-13-3-5-17(6-4-13)14-1-2-14/h10-11,13-15,19H,1-9H2. The van der Waals surface area contributed by atoms with Gasteiger partial charge in [0.15, 0.2) is 0 Å². The summed E-state index contributed by atoms with van der Waals surface area (Å²) < 4.78 is 1.80. The van der Waals surface area contributed by atoms with Crippen LogP contribution in [0.25, 0.3) is 0 Å². The molecule has 0 bridgehead atoms. The van der Waals surface area contributed by atoms with Crippen LogP contribution in [-0.2, 0) is 13.1 Å². The van der Waals surface area contributed by atoms with E-state index < -0.39 is 0 Å². The summed E-state index contributed by atoms with van der Waals surface area (Å²) in [4.78, 5) is 2.65. The van der Waals surface area contributed by atoms with E-state index in [1.54, 1.807) is 4.68 Å². The van der Waals surface area contributed by atoms with E-state index in [4.69, 9.17) is 5.11 Å². The number of aliphatic hydroxyl groups excluding tert-OH is 1. The van der Waals surface area contributed by atoms with E-state index in [9.17, 15) is 0 Å². The lowest BCUT2D eigenvalue weighted by Crippen LogP contribution is -2.43.